The molecule has 2 heterocycles. The maximum absolute atomic E-state index is 11.6. The summed E-state index contributed by atoms with van der Waals surface area (Å²) >= 11 is 5.61. The number of carbonyl (C=O) groups is 1. The van der Waals surface area contributed by atoms with Gasteiger partial charge in [-0.3, -0.25) is 9.69 Å². The lowest BCUT2D eigenvalue weighted by Gasteiger charge is -2.35. The first kappa shape index (κ1) is 12.1. The van der Waals surface area contributed by atoms with Crippen molar-refractivity contribution in [1.29, 1.82) is 0 Å². The maximum atomic E-state index is 11.6. The Morgan fingerprint density at radius 2 is 2.06 bits per heavy atom. The van der Waals surface area contributed by atoms with Gasteiger partial charge in [0.15, 0.2) is 0 Å². The van der Waals surface area contributed by atoms with Crippen LogP contribution in [0, 0.1) is 0 Å². The number of amides is 1. The van der Waals surface area contributed by atoms with Gasteiger partial charge in [-0.1, -0.05) is 0 Å². The lowest BCUT2D eigenvalue weighted by Crippen LogP contribution is -2.49. The Morgan fingerprint density at radius 3 is 2.69 bits per heavy atom. The van der Waals surface area contributed by atoms with E-state index in [9.17, 15) is 4.79 Å². The monoisotopic (exact) mass is 246 g/mol. The number of alkyl halides is 1. The predicted octanol–water partition coefficient (Wildman–Crippen LogP) is 0.547. The largest absolute Gasteiger partial charge is 0.379 e. The molecule has 2 fully saturated rings. The molecule has 5 heteroatoms. The summed E-state index contributed by atoms with van der Waals surface area (Å²) in [6, 6.07) is 0.764. The van der Waals surface area contributed by atoms with Crippen LogP contribution in [0.1, 0.15) is 13.3 Å². The van der Waals surface area contributed by atoms with Crippen LogP contribution in [-0.4, -0.2) is 66.5 Å². The van der Waals surface area contributed by atoms with Crippen LogP contribution in [0.25, 0.3) is 0 Å². The van der Waals surface area contributed by atoms with E-state index in [4.69, 9.17) is 16.3 Å². The van der Waals surface area contributed by atoms with Crippen LogP contribution in [0.4, 0.5) is 0 Å². The number of hydrogen-bond acceptors (Lipinski definition) is 3. The zero-order valence-electron chi connectivity index (χ0n) is 9.69. The first-order valence-electron chi connectivity index (χ1n) is 5.91. The third kappa shape index (κ3) is 2.34. The number of rotatable bonds is 2. The number of carbonyl (C=O) groups excluding carboxylic acids is 1. The molecule has 0 saturated carbocycles. The highest BCUT2D eigenvalue weighted by atomic mass is 35.5. The van der Waals surface area contributed by atoms with E-state index < -0.39 is 0 Å². The minimum absolute atomic E-state index is 0.0601. The molecule has 0 unspecified atom stereocenters. The van der Waals surface area contributed by atoms with Gasteiger partial charge < -0.3 is 9.64 Å². The first-order chi connectivity index (χ1) is 7.74. The SMILES string of the molecule is C[C@@H]1[C@H](N2CCOCC2)CCN1C(=O)CCl. The molecule has 4 nitrogen and oxygen atoms in total. The second-order valence-electron chi connectivity index (χ2n) is 4.47. The molecule has 0 spiro atoms. The Kier molecular flexibility index (Phi) is 4.05. The summed E-state index contributed by atoms with van der Waals surface area (Å²) in [5, 5.41) is 0. The van der Waals surface area contributed by atoms with Crippen LogP contribution in [0.2, 0.25) is 0 Å². The molecule has 0 aromatic heterocycles. The summed E-state index contributed by atoms with van der Waals surface area (Å²) in [7, 11) is 0. The van der Waals surface area contributed by atoms with Crippen LogP contribution in [-0.2, 0) is 9.53 Å². The highest BCUT2D eigenvalue weighted by Gasteiger charge is 2.37. The average molecular weight is 247 g/mol. The standard InChI is InChI=1S/C11H19ClN2O2/c1-9-10(13-4-6-16-7-5-13)2-3-14(9)11(15)8-12/h9-10H,2-8H2,1H3/t9-,10-/m1/s1. The summed E-state index contributed by atoms with van der Waals surface area (Å²) in [4.78, 5) is 16.0. The number of hydrogen-bond donors (Lipinski definition) is 0. The molecule has 0 bridgehead atoms. The Balaban J connectivity index is 1.95. The molecule has 0 aromatic carbocycles. The lowest BCUT2D eigenvalue weighted by molar-refractivity contribution is -0.129. The molecule has 2 aliphatic heterocycles. The van der Waals surface area contributed by atoms with E-state index in [1.165, 1.54) is 0 Å². The third-order valence-electron chi connectivity index (χ3n) is 3.66. The van der Waals surface area contributed by atoms with E-state index in [1.54, 1.807) is 0 Å². The van der Waals surface area contributed by atoms with Gasteiger partial charge in [-0.15, -0.1) is 11.6 Å². The van der Waals surface area contributed by atoms with Crippen molar-refractivity contribution in [2.45, 2.75) is 25.4 Å². The second-order valence-corrected chi connectivity index (χ2v) is 4.73. The van der Waals surface area contributed by atoms with E-state index in [0.29, 0.717) is 6.04 Å². The molecule has 0 aromatic rings. The van der Waals surface area contributed by atoms with Gasteiger partial charge in [0.25, 0.3) is 0 Å². The number of ether oxygens (including phenoxy) is 1. The van der Waals surface area contributed by atoms with E-state index in [1.807, 2.05) is 4.90 Å². The number of halogens is 1. The molecule has 1 amide bonds. The molecular weight excluding hydrogens is 228 g/mol. The summed E-state index contributed by atoms with van der Waals surface area (Å²) < 4.78 is 5.35. The van der Waals surface area contributed by atoms with Gasteiger partial charge in [-0.25, -0.2) is 0 Å². The van der Waals surface area contributed by atoms with Crippen LogP contribution in [0.3, 0.4) is 0 Å². The minimum Gasteiger partial charge on any atom is -0.379 e. The Bertz CT molecular complexity index is 256. The third-order valence-corrected chi connectivity index (χ3v) is 3.89. The molecular formula is C11H19ClN2O2. The molecule has 16 heavy (non-hydrogen) atoms. The van der Waals surface area contributed by atoms with Gasteiger partial charge in [0.05, 0.1) is 13.2 Å². The fourth-order valence-electron chi connectivity index (χ4n) is 2.75. The summed E-state index contributed by atoms with van der Waals surface area (Å²) in [6.45, 7) is 6.56. The zero-order chi connectivity index (χ0) is 11.5. The van der Waals surface area contributed by atoms with Crippen LogP contribution in [0.5, 0.6) is 0 Å². The molecule has 2 saturated heterocycles. The van der Waals surface area contributed by atoms with Crippen molar-refractivity contribution < 1.29 is 9.53 Å². The van der Waals surface area contributed by atoms with E-state index in [2.05, 4.69) is 11.8 Å². The molecule has 0 radical (unpaired) electrons. The van der Waals surface area contributed by atoms with Crippen LogP contribution in [0.15, 0.2) is 0 Å². The molecule has 2 atom stereocenters. The van der Waals surface area contributed by atoms with Crippen molar-refractivity contribution >= 4 is 17.5 Å². The second kappa shape index (κ2) is 5.34. The lowest BCUT2D eigenvalue weighted by atomic mass is 10.1. The van der Waals surface area contributed by atoms with Crippen molar-refractivity contribution in [1.82, 2.24) is 9.80 Å². The quantitative estimate of drug-likeness (QED) is 0.667. The molecule has 2 aliphatic rings. The molecule has 92 valence electrons. The van der Waals surface area contributed by atoms with E-state index >= 15 is 0 Å². The normalized spacial score (nSPS) is 32.0. The van der Waals surface area contributed by atoms with Crippen LogP contribution < -0.4 is 0 Å². The minimum atomic E-state index is 0.0601. The van der Waals surface area contributed by atoms with Crippen molar-refractivity contribution in [3.63, 3.8) is 0 Å². The predicted molar refractivity (Wildman–Crippen MR) is 62.7 cm³/mol. The van der Waals surface area contributed by atoms with E-state index in [0.717, 1.165) is 39.3 Å². The van der Waals surface area contributed by atoms with Gasteiger partial charge in [-0.2, -0.15) is 0 Å². The topological polar surface area (TPSA) is 32.8 Å². The van der Waals surface area contributed by atoms with Gasteiger partial charge in [0, 0.05) is 31.7 Å². The summed E-state index contributed by atoms with van der Waals surface area (Å²) in [6.07, 6.45) is 1.06. The maximum Gasteiger partial charge on any atom is 0.237 e. The zero-order valence-corrected chi connectivity index (χ0v) is 10.4. The van der Waals surface area contributed by atoms with Gasteiger partial charge >= 0.3 is 0 Å². The van der Waals surface area contributed by atoms with Crippen molar-refractivity contribution in [2.24, 2.45) is 0 Å². The Labute approximate surface area is 101 Å². The van der Waals surface area contributed by atoms with Crippen molar-refractivity contribution in [3.8, 4) is 0 Å². The first-order valence-corrected chi connectivity index (χ1v) is 6.44. The van der Waals surface area contributed by atoms with Gasteiger partial charge in [-0.05, 0) is 13.3 Å². The van der Waals surface area contributed by atoms with Gasteiger partial charge in [0.2, 0.25) is 5.91 Å². The fourth-order valence-corrected chi connectivity index (χ4v) is 2.90. The smallest absolute Gasteiger partial charge is 0.237 e. The average Bonchev–Trinajstić information content (AvgIpc) is 2.71. The van der Waals surface area contributed by atoms with Crippen LogP contribution >= 0.6 is 11.6 Å². The van der Waals surface area contributed by atoms with E-state index in [-0.39, 0.29) is 17.8 Å². The number of nitrogens with zero attached hydrogens (tertiary/aromatic N) is 2. The molecule has 2 rings (SSSR count). The highest BCUT2D eigenvalue weighted by Crippen LogP contribution is 2.23. The fraction of sp³-hybridized carbons (Fsp3) is 0.909. The Hall–Kier alpha value is -0.320. The van der Waals surface area contributed by atoms with Gasteiger partial charge in [0.1, 0.15) is 5.88 Å². The van der Waals surface area contributed by atoms with Crippen molar-refractivity contribution in [3.05, 3.63) is 0 Å². The Morgan fingerprint density at radius 1 is 1.38 bits per heavy atom. The summed E-state index contributed by atoms with van der Waals surface area (Å²) in [5.74, 6) is 0.158. The highest BCUT2D eigenvalue weighted by molar-refractivity contribution is 6.27. The number of morpholine rings is 1. The van der Waals surface area contributed by atoms with Crippen molar-refractivity contribution in [2.75, 3.05) is 38.7 Å². The summed E-state index contributed by atoms with van der Waals surface area (Å²) in [5.41, 5.74) is 0. The molecule has 0 aliphatic carbocycles. The molecule has 0 N–H and O–H groups in total. The number of likely N-dealkylation sites (tertiary alicyclic amines) is 1.